The van der Waals surface area contributed by atoms with Gasteiger partial charge >= 0.3 is 0 Å². The zero-order valence-corrected chi connectivity index (χ0v) is 11.6. The third kappa shape index (κ3) is 1.61. The van der Waals surface area contributed by atoms with E-state index < -0.39 is 0 Å². The first-order valence-electron chi connectivity index (χ1n) is 7.35. The van der Waals surface area contributed by atoms with Crippen molar-refractivity contribution < 1.29 is 4.79 Å². The smallest absolute Gasteiger partial charge is 0.137 e. The highest BCUT2D eigenvalue weighted by Gasteiger charge is 2.71. The molecule has 3 atom stereocenters. The van der Waals surface area contributed by atoms with Crippen molar-refractivity contribution in [3.63, 3.8) is 0 Å². The van der Waals surface area contributed by atoms with E-state index in [2.05, 4.69) is 18.2 Å². The average Bonchev–Trinajstić information content (AvgIpc) is 3.13. The summed E-state index contributed by atoms with van der Waals surface area (Å²) >= 11 is 0. The number of Topliss-reactive ketones (excluding diaryl/α,β-unsaturated/α-hetero) is 1. The maximum Gasteiger partial charge on any atom is 0.137 e. The summed E-state index contributed by atoms with van der Waals surface area (Å²) < 4.78 is 0. The second kappa shape index (κ2) is 4.30. The van der Waals surface area contributed by atoms with E-state index >= 15 is 0 Å². The fourth-order valence-electron chi connectivity index (χ4n) is 4.22. The van der Waals surface area contributed by atoms with Gasteiger partial charge in [0.05, 0.1) is 11.6 Å². The molecule has 2 aliphatic rings. The third-order valence-corrected chi connectivity index (χ3v) is 5.18. The molecule has 21 heavy (non-hydrogen) atoms. The van der Waals surface area contributed by atoms with Gasteiger partial charge in [-0.25, -0.2) is 0 Å². The van der Waals surface area contributed by atoms with Crippen LogP contribution in [-0.2, 0) is 10.2 Å². The largest absolute Gasteiger partial charge is 0.299 e. The molecular weight excluding hydrogens is 258 g/mol. The van der Waals surface area contributed by atoms with Crippen molar-refractivity contribution in [1.29, 1.82) is 5.26 Å². The number of hydrogen-bond acceptors (Lipinski definition) is 2. The van der Waals surface area contributed by atoms with E-state index in [1.54, 1.807) is 0 Å². The van der Waals surface area contributed by atoms with E-state index in [0.717, 1.165) is 6.42 Å². The van der Waals surface area contributed by atoms with Crippen molar-refractivity contribution in [2.45, 2.75) is 24.2 Å². The monoisotopic (exact) mass is 273 g/mol. The average molecular weight is 273 g/mol. The molecule has 4 rings (SSSR count). The summed E-state index contributed by atoms with van der Waals surface area (Å²) in [5.74, 6) is 0.842. The Morgan fingerprint density at radius 2 is 1.71 bits per heavy atom. The first-order valence-corrected chi connectivity index (χ1v) is 7.35. The van der Waals surface area contributed by atoms with Crippen LogP contribution in [0, 0.1) is 17.2 Å². The van der Waals surface area contributed by atoms with Crippen LogP contribution >= 0.6 is 0 Å². The first-order chi connectivity index (χ1) is 10.3. The first kappa shape index (κ1) is 12.3. The van der Waals surface area contributed by atoms with Gasteiger partial charge in [-0.3, -0.25) is 4.79 Å². The summed E-state index contributed by atoms with van der Waals surface area (Å²) in [5.41, 5.74) is 3.13. The fraction of sp³-hybridized carbons (Fsp3) is 0.263. The minimum atomic E-state index is -0.0214. The molecule has 2 aromatic carbocycles. The van der Waals surface area contributed by atoms with Crippen molar-refractivity contribution in [2.24, 2.45) is 5.92 Å². The van der Waals surface area contributed by atoms with Crippen molar-refractivity contribution >= 4 is 5.78 Å². The maximum atomic E-state index is 12.2. The second-order valence-corrected chi connectivity index (χ2v) is 6.06. The molecule has 0 N–H and O–H groups in total. The van der Waals surface area contributed by atoms with Gasteiger partial charge in [-0.1, -0.05) is 42.5 Å². The SMILES string of the molecule is N#Cc1ccc([C@]23CCC(=O)C2[C@H]3c2ccccc2)cc1. The van der Waals surface area contributed by atoms with Crippen molar-refractivity contribution in [3.05, 3.63) is 71.3 Å². The Bertz CT molecular complexity index is 741. The van der Waals surface area contributed by atoms with Crippen LogP contribution in [0.3, 0.4) is 0 Å². The molecule has 0 amide bonds. The number of ketones is 1. The van der Waals surface area contributed by atoms with Crippen molar-refractivity contribution in [2.75, 3.05) is 0 Å². The standard InChI is InChI=1S/C19H15NO/c20-12-13-6-8-15(9-7-13)19-11-10-16(21)18(19)17(19)14-4-2-1-3-5-14/h1-9,17-18H,10-11H2/t17-,18?,19+/m1/s1. The molecule has 0 aliphatic heterocycles. The number of fused-ring (bicyclic) bond motifs is 1. The summed E-state index contributed by atoms with van der Waals surface area (Å²) in [6.45, 7) is 0. The Morgan fingerprint density at radius 1 is 1.00 bits per heavy atom. The molecule has 2 aromatic rings. The van der Waals surface area contributed by atoms with E-state index in [1.165, 1.54) is 11.1 Å². The molecule has 2 fully saturated rings. The normalized spacial score (nSPS) is 29.8. The molecule has 0 aromatic heterocycles. The lowest BCUT2D eigenvalue weighted by Crippen LogP contribution is -2.08. The highest BCUT2D eigenvalue weighted by Crippen LogP contribution is 2.72. The molecule has 1 unspecified atom stereocenters. The lowest BCUT2D eigenvalue weighted by molar-refractivity contribution is -0.119. The van der Waals surface area contributed by atoms with E-state index in [9.17, 15) is 4.79 Å². The number of benzene rings is 2. The molecule has 2 aliphatic carbocycles. The number of carbonyl (C=O) groups is 1. The zero-order chi connectivity index (χ0) is 14.4. The van der Waals surface area contributed by atoms with Crippen LogP contribution in [0.15, 0.2) is 54.6 Å². The van der Waals surface area contributed by atoms with Gasteiger partial charge in [0, 0.05) is 23.7 Å². The molecule has 0 radical (unpaired) electrons. The van der Waals surface area contributed by atoms with Gasteiger partial charge in [-0.05, 0) is 29.7 Å². The molecule has 2 nitrogen and oxygen atoms in total. The maximum absolute atomic E-state index is 12.2. The van der Waals surface area contributed by atoms with E-state index in [4.69, 9.17) is 5.26 Å². The van der Waals surface area contributed by atoms with Gasteiger partial charge in [-0.15, -0.1) is 0 Å². The summed E-state index contributed by atoms with van der Waals surface area (Å²) in [5, 5.41) is 8.94. The number of nitriles is 1. The van der Waals surface area contributed by atoms with Crippen molar-refractivity contribution in [3.8, 4) is 6.07 Å². The summed E-state index contributed by atoms with van der Waals surface area (Å²) in [6, 6.07) is 20.3. The van der Waals surface area contributed by atoms with Crippen LogP contribution in [0.25, 0.3) is 0 Å². The molecule has 2 saturated carbocycles. The molecule has 102 valence electrons. The molecule has 0 heterocycles. The molecule has 0 bridgehead atoms. The zero-order valence-electron chi connectivity index (χ0n) is 11.6. The topological polar surface area (TPSA) is 40.9 Å². The van der Waals surface area contributed by atoms with Gasteiger partial charge in [0.2, 0.25) is 0 Å². The third-order valence-electron chi connectivity index (χ3n) is 5.18. The Labute approximate surface area is 124 Å². The molecule has 0 spiro atoms. The Balaban J connectivity index is 1.78. The molecule has 2 heteroatoms. The number of carbonyl (C=O) groups excluding carboxylic acids is 1. The number of hydrogen-bond donors (Lipinski definition) is 0. The van der Waals surface area contributed by atoms with Crippen LogP contribution in [0.2, 0.25) is 0 Å². The highest BCUT2D eigenvalue weighted by atomic mass is 16.1. The minimum Gasteiger partial charge on any atom is -0.299 e. The van der Waals surface area contributed by atoms with Crippen LogP contribution in [0.1, 0.15) is 35.4 Å². The van der Waals surface area contributed by atoms with Gasteiger partial charge in [0.15, 0.2) is 0 Å². The van der Waals surface area contributed by atoms with Crippen LogP contribution in [-0.4, -0.2) is 5.78 Å². The second-order valence-electron chi connectivity index (χ2n) is 6.06. The Morgan fingerprint density at radius 3 is 2.38 bits per heavy atom. The van der Waals surface area contributed by atoms with Gasteiger partial charge in [0.25, 0.3) is 0 Å². The molecule has 0 saturated heterocycles. The van der Waals surface area contributed by atoms with E-state index in [1.807, 2.05) is 42.5 Å². The van der Waals surface area contributed by atoms with Crippen molar-refractivity contribution in [1.82, 2.24) is 0 Å². The van der Waals surface area contributed by atoms with Crippen LogP contribution in [0.5, 0.6) is 0 Å². The predicted molar refractivity (Wildman–Crippen MR) is 79.7 cm³/mol. The minimum absolute atomic E-state index is 0.0214. The van der Waals surface area contributed by atoms with Gasteiger partial charge < -0.3 is 0 Å². The van der Waals surface area contributed by atoms with Gasteiger partial charge in [-0.2, -0.15) is 5.26 Å². The van der Waals surface area contributed by atoms with E-state index in [0.29, 0.717) is 23.7 Å². The summed E-state index contributed by atoms with van der Waals surface area (Å²) in [7, 11) is 0. The Kier molecular flexibility index (Phi) is 2.53. The predicted octanol–water partition coefficient (Wildman–Crippen LogP) is 3.57. The molecular formula is C19H15NO. The summed E-state index contributed by atoms with van der Waals surface area (Å²) in [4.78, 5) is 12.2. The summed E-state index contributed by atoms with van der Waals surface area (Å²) in [6.07, 6.45) is 1.62. The highest BCUT2D eigenvalue weighted by molar-refractivity contribution is 5.92. The van der Waals surface area contributed by atoms with Crippen LogP contribution in [0.4, 0.5) is 0 Å². The van der Waals surface area contributed by atoms with E-state index in [-0.39, 0.29) is 11.3 Å². The Hall–Kier alpha value is -2.40. The fourth-order valence-corrected chi connectivity index (χ4v) is 4.22. The van der Waals surface area contributed by atoms with Gasteiger partial charge in [0.1, 0.15) is 5.78 Å². The van der Waals surface area contributed by atoms with Crippen LogP contribution < -0.4 is 0 Å². The number of nitrogens with zero attached hydrogens (tertiary/aromatic N) is 1. The lowest BCUT2D eigenvalue weighted by Gasteiger charge is -2.15. The number of rotatable bonds is 2. The quantitative estimate of drug-likeness (QED) is 0.839. The lowest BCUT2D eigenvalue weighted by atomic mass is 9.88.